The summed E-state index contributed by atoms with van der Waals surface area (Å²) < 4.78 is 5.92. The molecule has 150 valence electrons. The number of carbonyl (C=O) groups is 1. The van der Waals surface area contributed by atoms with Gasteiger partial charge in [0.15, 0.2) is 0 Å². The number of carbonyl (C=O) groups excluding carboxylic acids is 1. The molecule has 2 heterocycles. The largest absolute Gasteiger partial charge is 0.493 e. The molecule has 2 aliphatic rings. The average molecular weight is 373 g/mol. The number of hydrogen-bond donors (Lipinski definition) is 0. The first-order valence-electron chi connectivity index (χ1n) is 11.0. The van der Waals surface area contributed by atoms with Crippen LogP contribution in [0.4, 0.5) is 0 Å². The number of rotatable bonds is 8. The Bertz CT molecular complexity index is 583. The Hall–Kier alpha value is -1.55. The molecule has 3 rings (SSSR count). The Morgan fingerprint density at radius 3 is 2.67 bits per heavy atom. The molecule has 0 saturated carbocycles. The zero-order chi connectivity index (χ0) is 18.9. The van der Waals surface area contributed by atoms with E-state index in [-0.39, 0.29) is 5.91 Å². The summed E-state index contributed by atoms with van der Waals surface area (Å²) in [5.41, 5.74) is 0.735. The van der Waals surface area contributed by atoms with Crippen molar-refractivity contribution in [3.63, 3.8) is 0 Å². The minimum atomic E-state index is 0.158. The first kappa shape index (κ1) is 20.2. The molecule has 1 aromatic carbocycles. The van der Waals surface area contributed by atoms with Crippen molar-refractivity contribution in [3.8, 4) is 5.75 Å². The summed E-state index contributed by atoms with van der Waals surface area (Å²) in [6.07, 6.45) is 10.7. The van der Waals surface area contributed by atoms with Gasteiger partial charge in [0.05, 0.1) is 12.2 Å². The summed E-state index contributed by atoms with van der Waals surface area (Å²) in [4.78, 5) is 18.1. The Balaban J connectivity index is 1.64. The maximum absolute atomic E-state index is 13.3. The molecule has 1 amide bonds. The lowest BCUT2D eigenvalue weighted by atomic mass is 9.97. The fourth-order valence-electron chi connectivity index (χ4n) is 4.33. The molecule has 0 spiro atoms. The Labute approximate surface area is 164 Å². The third-order valence-corrected chi connectivity index (χ3v) is 5.99. The lowest BCUT2D eigenvalue weighted by molar-refractivity contribution is 0.0575. The van der Waals surface area contributed by atoms with E-state index in [0.29, 0.717) is 12.6 Å². The number of benzene rings is 1. The van der Waals surface area contributed by atoms with Gasteiger partial charge in [-0.15, -0.1) is 0 Å². The summed E-state index contributed by atoms with van der Waals surface area (Å²) in [7, 11) is 0. The third-order valence-electron chi connectivity index (χ3n) is 5.99. The van der Waals surface area contributed by atoms with E-state index in [2.05, 4.69) is 16.7 Å². The van der Waals surface area contributed by atoms with Gasteiger partial charge < -0.3 is 14.5 Å². The van der Waals surface area contributed by atoms with E-state index < -0.39 is 0 Å². The van der Waals surface area contributed by atoms with Gasteiger partial charge in [-0.3, -0.25) is 4.79 Å². The molecule has 0 N–H and O–H groups in total. The second-order valence-corrected chi connectivity index (χ2v) is 8.04. The van der Waals surface area contributed by atoms with E-state index in [1.807, 2.05) is 24.3 Å². The lowest BCUT2D eigenvalue weighted by Crippen LogP contribution is -2.45. The monoisotopic (exact) mass is 372 g/mol. The van der Waals surface area contributed by atoms with Crippen molar-refractivity contribution < 1.29 is 9.53 Å². The molecule has 27 heavy (non-hydrogen) atoms. The molecular formula is C23H36N2O2. The average Bonchev–Trinajstić information content (AvgIpc) is 2.73. The zero-order valence-electron chi connectivity index (χ0n) is 17.0. The van der Waals surface area contributed by atoms with Crippen molar-refractivity contribution in [1.82, 2.24) is 9.80 Å². The minimum absolute atomic E-state index is 0.158. The molecule has 0 aliphatic carbocycles. The molecule has 2 aliphatic heterocycles. The molecule has 1 aromatic rings. The SMILES string of the molecule is CCCCOc1ccccc1C(=O)N1CCCC[C@@H]1CCN1CCCCC1. The molecule has 1 atom stereocenters. The van der Waals surface area contributed by atoms with Crippen LogP contribution >= 0.6 is 0 Å². The van der Waals surface area contributed by atoms with E-state index in [9.17, 15) is 4.79 Å². The molecule has 2 saturated heterocycles. The van der Waals surface area contributed by atoms with E-state index >= 15 is 0 Å². The number of unbranched alkanes of at least 4 members (excludes halogenated alkanes) is 1. The van der Waals surface area contributed by atoms with Gasteiger partial charge in [-0.05, 0) is 70.2 Å². The zero-order valence-corrected chi connectivity index (χ0v) is 17.0. The van der Waals surface area contributed by atoms with Crippen LogP contribution < -0.4 is 4.74 Å². The van der Waals surface area contributed by atoms with Crippen LogP contribution in [0.15, 0.2) is 24.3 Å². The molecule has 0 radical (unpaired) electrons. The highest BCUT2D eigenvalue weighted by molar-refractivity contribution is 5.97. The number of ether oxygens (including phenoxy) is 1. The minimum Gasteiger partial charge on any atom is -0.493 e. The molecule has 0 aromatic heterocycles. The highest BCUT2D eigenvalue weighted by Crippen LogP contribution is 2.26. The Morgan fingerprint density at radius 1 is 1.07 bits per heavy atom. The van der Waals surface area contributed by atoms with Crippen molar-refractivity contribution in [1.29, 1.82) is 0 Å². The predicted octanol–water partition coefficient (Wildman–Crippen LogP) is 4.74. The van der Waals surface area contributed by atoms with E-state index in [4.69, 9.17) is 4.74 Å². The quantitative estimate of drug-likeness (QED) is 0.618. The number of piperidine rings is 2. The number of amides is 1. The fourth-order valence-corrected chi connectivity index (χ4v) is 4.33. The van der Waals surface area contributed by atoms with Gasteiger partial charge in [-0.25, -0.2) is 0 Å². The summed E-state index contributed by atoms with van der Waals surface area (Å²) in [6.45, 7) is 7.31. The van der Waals surface area contributed by atoms with Gasteiger partial charge >= 0.3 is 0 Å². The molecular weight excluding hydrogens is 336 g/mol. The number of para-hydroxylation sites is 1. The maximum atomic E-state index is 13.3. The first-order valence-corrected chi connectivity index (χ1v) is 11.0. The van der Waals surface area contributed by atoms with Gasteiger partial charge in [0.1, 0.15) is 5.75 Å². The van der Waals surface area contributed by atoms with Crippen molar-refractivity contribution in [3.05, 3.63) is 29.8 Å². The van der Waals surface area contributed by atoms with Gasteiger partial charge in [0, 0.05) is 19.1 Å². The normalized spacial score (nSPS) is 21.2. The fraction of sp³-hybridized carbons (Fsp3) is 0.696. The first-order chi connectivity index (χ1) is 13.3. The van der Waals surface area contributed by atoms with Crippen LogP contribution in [0.25, 0.3) is 0 Å². The van der Waals surface area contributed by atoms with E-state index in [0.717, 1.165) is 56.5 Å². The summed E-state index contributed by atoms with van der Waals surface area (Å²) in [6, 6.07) is 8.15. The second kappa shape index (κ2) is 10.7. The third kappa shape index (κ3) is 5.71. The molecule has 4 nitrogen and oxygen atoms in total. The maximum Gasteiger partial charge on any atom is 0.257 e. The highest BCUT2D eigenvalue weighted by atomic mass is 16.5. The number of likely N-dealkylation sites (tertiary alicyclic amines) is 2. The van der Waals surface area contributed by atoms with E-state index in [1.54, 1.807) is 0 Å². The summed E-state index contributed by atoms with van der Waals surface area (Å²) in [5.74, 6) is 0.904. The standard InChI is InChI=1S/C23H36N2O2/c1-2-3-19-27-22-13-6-5-12-21(22)23(26)25-17-10-7-11-20(25)14-18-24-15-8-4-9-16-24/h5-6,12-13,20H,2-4,7-11,14-19H2,1H3/t20-/m1/s1. The smallest absolute Gasteiger partial charge is 0.257 e. The predicted molar refractivity (Wildman–Crippen MR) is 110 cm³/mol. The van der Waals surface area contributed by atoms with Gasteiger partial charge in [-0.1, -0.05) is 31.9 Å². The van der Waals surface area contributed by atoms with Crippen LogP contribution in [-0.4, -0.2) is 54.5 Å². The van der Waals surface area contributed by atoms with Crippen molar-refractivity contribution in [2.24, 2.45) is 0 Å². The molecule has 2 fully saturated rings. The Morgan fingerprint density at radius 2 is 1.85 bits per heavy atom. The summed E-state index contributed by atoms with van der Waals surface area (Å²) in [5, 5.41) is 0. The molecule has 4 heteroatoms. The van der Waals surface area contributed by atoms with Crippen LogP contribution in [0.3, 0.4) is 0 Å². The van der Waals surface area contributed by atoms with Crippen LogP contribution in [0.5, 0.6) is 5.75 Å². The second-order valence-electron chi connectivity index (χ2n) is 8.04. The van der Waals surface area contributed by atoms with Crippen LogP contribution in [0.1, 0.15) is 75.1 Å². The highest BCUT2D eigenvalue weighted by Gasteiger charge is 2.29. The van der Waals surface area contributed by atoms with E-state index in [1.165, 1.54) is 38.8 Å². The number of hydrogen-bond acceptors (Lipinski definition) is 3. The Kier molecular flexibility index (Phi) is 8.00. The number of nitrogens with zero attached hydrogens (tertiary/aromatic N) is 2. The topological polar surface area (TPSA) is 32.8 Å². The van der Waals surface area contributed by atoms with Crippen molar-refractivity contribution in [2.75, 3.05) is 32.8 Å². The van der Waals surface area contributed by atoms with Gasteiger partial charge in [-0.2, -0.15) is 0 Å². The molecule has 0 bridgehead atoms. The van der Waals surface area contributed by atoms with Crippen LogP contribution in [0, 0.1) is 0 Å². The van der Waals surface area contributed by atoms with Crippen molar-refractivity contribution >= 4 is 5.91 Å². The van der Waals surface area contributed by atoms with Crippen LogP contribution in [0.2, 0.25) is 0 Å². The van der Waals surface area contributed by atoms with Crippen LogP contribution in [-0.2, 0) is 0 Å². The van der Waals surface area contributed by atoms with Gasteiger partial charge in [0.25, 0.3) is 5.91 Å². The lowest BCUT2D eigenvalue weighted by Gasteiger charge is -2.38. The van der Waals surface area contributed by atoms with Crippen molar-refractivity contribution in [2.45, 2.75) is 70.8 Å². The van der Waals surface area contributed by atoms with Gasteiger partial charge in [0.2, 0.25) is 0 Å². The summed E-state index contributed by atoms with van der Waals surface area (Å²) >= 11 is 0. The molecule has 0 unspecified atom stereocenters.